The van der Waals surface area contributed by atoms with Gasteiger partial charge in [0.05, 0.1) is 16.7 Å². The Morgan fingerprint density at radius 3 is 2.19 bits per heavy atom. The van der Waals surface area contributed by atoms with Gasteiger partial charge in [-0.05, 0) is 36.4 Å². The van der Waals surface area contributed by atoms with Crippen LogP contribution < -0.4 is 5.32 Å². The molecule has 2 aromatic carbocycles. The van der Waals surface area contributed by atoms with Crippen LogP contribution in [0.15, 0.2) is 54.7 Å². The number of rotatable bonds is 5. The highest BCUT2D eigenvalue weighted by Crippen LogP contribution is 2.29. The van der Waals surface area contributed by atoms with Gasteiger partial charge in [-0.1, -0.05) is 12.1 Å². The third-order valence-electron chi connectivity index (χ3n) is 4.71. The third-order valence-corrected chi connectivity index (χ3v) is 5.68. The van der Waals surface area contributed by atoms with Gasteiger partial charge in [-0.25, -0.2) is 4.98 Å². The van der Waals surface area contributed by atoms with E-state index in [0.29, 0.717) is 17.5 Å². The molecule has 3 amide bonds. The Morgan fingerprint density at radius 2 is 1.61 bits per heavy atom. The molecule has 0 aliphatic carbocycles. The number of benzene rings is 2. The molecule has 6 nitrogen and oxygen atoms in total. The van der Waals surface area contributed by atoms with E-state index < -0.39 is 17.6 Å². The number of nitrogens with one attached hydrogen (secondary N) is 1. The molecule has 0 spiro atoms. The molecule has 0 fully saturated rings. The molecule has 0 saturated carbocycles. The molecule has 158 valence electrons. The van der Waals surface area contributed by atoms with Crippen molar-refractivity contribution in [2.45, 2.75) is 12.6 Å². The Labute approximate surface area is 178 Å². The SMILES string of the molecule is O=C(Nc1ncc(CCN2C(=O)c3ccccc3C2=O)s1)c1ccc(C(F)(F)F)cc1. The lowest BCUT2D eigenvalue weighted by atomic mass is 10.1. The smallest absolute Gasteiger partial charge is 0.298 e. The molecule has 4 rings (SSSR count). The maximum atomic E-state index is 12.6. The van der Waals surface area contributed by atoms with Crippen LogP contribution in [0.3, 0.4) is 0 Å². The van der Waals surface area contributed by atoms with E-state index in [4.69, 9.17) is 0 Å². The minimum absolute atomic E-state index is 0.0655. The van der Waals surface area contributed by atoms with E-state index in [2.05, 4.69) is 10.3 Å². The maximum absolute atomic E-state index is 12.6. The van der Waals surface area contributed by atoms with Gasteiger partial charge in [0, 0.05) is 29.6 Å². The van der Waals surface area contributed by atoms with Crippen LogP contribution in [-0.2, 0) is 12.6 Å². The summed E-state index contributed by atoms with van der Waals surface area (Å²) in [6.07, 6.45) is -2.59. The summed E-state index contributed by atoms with van der Waals surface area (Å²) in [5, 5.41) is 2.80. The number of fused-ring (bicyclic) bond motifs is 1. The van der Waals surface area contributed by atoms with E-state index in [9.17, 15) is 27.6 Å². The highest BCUT2D eigenvalue weighted by molar-refractivity contribution is 7.15. The van der Waals surface area contributed by atoms with Crippen LogP contribution in [0.4, 0.5) is 18.3 Å². The molecule has 0 radical (unpaired) electrons. The number of alkyl halides is 3. The zero-order valence-corrected chi connectivity index (χ0v) is 16.6. The first-order chi connectivity index (χ1) is 14.7. The van der Waals surface area contributed by atoms with E-state index in [1.54, 1.807) is 24.3 Å². The standard InChI is InChI=1S/C21H14F3N3O3S/c22-21(23,24)13-7-5-12(6-8-13)17(28)26-20-25-11-14(31-20)9-10-27-18(29)15-3-1-2-4-16(15)19(27)30/h1-8,11H,9-10H2,(H,25,26,28). The Kier molecular flexibility index (Phi) is 5.32. The molecular weight excluding hydrogens is 431 g/mol. The number of carbonyl (C=O) groups excluding carboxylic acids is 3. The molecule has 3 aromatic rings. The van der Waals surface area contributed by atoms with Crippen LogP contribution in [0.1, 0.15) is 41.5 Å². The van der Waals surface area contributed by atoms with Gasteiger partial charge in [0.15, 0.2) is 5.13 Å². The number of hydrogen-bond donors (Lipinski definition) is 1. The molecule has 1 aromatic heterocycles. The van der Waals surface area contributed by atoms with Gasteiger partial charge in [-0.2, -0.15) is 13.2 Å². The van der Waals surface area contributed by atoms with Crippen LogP contribution in [0.2, 0.25) is 0 Å². The second kappa shape index (κ2) is 7.95. The molecule has 1 aliphatic rings. The average molecular weight is 445 g/mol. The summed E-state index contributed by atoms with van der Waals surface area (Å²) in [5.41, 5.74) is -0.0212. The monoisotopic (exact) mass is 445 g/mol. The molecule has 0 unspecified atom stereocenters. The fourth-order valence-corrected chi connectivity index (χ4v) is 3.92. The first-order valence-corrected chi connectivity index (χ1v) is 9.94. The van der Waals surface area contributed by atoms with E-state index >= 15 is 0 Å². The minimum Gasteiger partial charge on any atom is -0.298 e. The number of hydrogen-bond acceptors (Lipinski definition) is 5. The normalized spacial score (nSPS) is 13.5. The second-order valence-electron chi connectivity index (χ2n) is 6.72. The predicted molar refractivity (Wildman–Crippen MR) is 107 cm³/mol. The lowest BCUT2D eigenvalue weighted by molar-refractivity contribution is -0.137. The summed E-state index contributed by atoms with van der Waals surface area (Å²) in [7, 11) is 0. The van der Waals surface area contributed by atoms with Gasteiger partial charge >= 0.3 is 6.18 Å². The summed E-state index contributed by atoms with van der Waals surface area (Å²) in [6, 6.07) is 10.5. The first kappa shape index (κ1) is 20.7. The molecule has 0 saturated heterocycles. The van der Waals surface area contributed by atoms with Crippen molar-refractivity contribution < 1.29 is 27.6 Å². The molecule has 0 bridgehead atoms. The Bertz CT molecular complexity index is 1140. The predicted octanol–water partition coefficient (Wildman–Crippen LogP) is 4.25. The average Bonchev–Trinajstić information content (AvgIpc) is 3.29. The highest BCUT2D eigenvalue weighted by Gasteiger charge is 2.34. The van der Waals surface area contributed by atoms with Crippen molar-refractivity contribution in [1.29, 1.82) is 0 Å². The summed E-state index contributed by atoms with van der Waals surface area (Å²) in [4.78, 5) is 43.0. The molecule has 1 aliphatic heterocycles. The second-order valence-corrected chi connectivity index (χ2v) is 7.83. The van der Waals surface area contributed by atoms with Gasteiger partial charge in [0.2, 0.25) is 0 Å². The van der Waals surface area contributed by atoms with Crippen molar-refractivity contribution in [1.82, 2.24) is 9.88 Å². The van der Waals surface area contributed by atoms with Crippen LogP contribution in [0.5, 0.6) is 0 Å². The van der Waals surface area contributed by atoms with Gasteiger partial charge in [-0.15, -0.1) is 11.3 Å². The molecule has 1 N–H and O–H groups in total. The van der Waals surface area contributed by atoms with Crippen LogP contribution in [-0.4, -0.2) is 34.2 Å². The van der Waals surface area contributed by atoms with Crippen molar-refractivity contribution >= 4 is 34.2 Å². The Morgan fingerprint density at radius 1 is 1.00 bits per heavy atom. The Balaban J connectivity index is 1.36. The number of amides is 3. The molecule has 2 heterocycles. The number of carbonyl (C=O) groups is 3. The largest absolute Gasteiger partial charge is 0.416 e. The van der Waals surface area contributed by atoms with Crippen molar-refractivity contribution in [2.24, 2.45) is 0 Å². The van der Waals surface area contributed by atoms with Gasteiger partial charge in [0.25, 0.3) is 17.7 Å². The lowest BCUT2D eigenvalue weighted by Crippen LogP contribution is -2.31. The maximum Gasteiger partial charge on any atom is 0.416 e. The number of nitrogens with zero attached hydrogens (tertiary/aromatic N) is 2. The lowest BCUT2D eigenvalue weighted by Gasteiger charge is -2.12. The number of halogens is 3. The Hall–Kier alpha value is -3.53. The molecule has 10 heteroatoms. The highest BCUT2D eigenvalue weighted by atomic mass is 32.1. The summed E-state index contributed by atoms with van der Waals surface area (Å²) >= 11 is 1.16. The van der Waals surface area contributed by atoms with Gasteiger partial charge in [0.1, 0.15) is 0 Å². The third kappa shape index (κ3) is 4.19. The molecule has 0 atom stereocenters. The van der Waals surface area contributed by atoms with Crippen LogP contribution >= 0.6 is 11.3 Å². The number of anilines is 1. The molecule has 31 heavy (non-hydrogen) atoms. The van der Waals surface area contributed by atoms with Gasteiger partial charge in [-0.3, -0.25) is 24.6 Å². The first-order valence-electron chi connectivity index (χ1n) is 9.12. The minimum atomic E-state index is -4.47. The van der Waals surface area contributed by atoms with E-state index in [1.807, 2.05) is 0 Å². The van der Waals surface area contributed by atoms with E-state index in [-0.39, 0.29) is 29.1 Å². The van der Waals surface area contributed by atoms with E-state index in [0.717, 1.165) is 40.5 Å². The van der Waals surface area contributed by atoms with Crippen LogP contribution in [0, 0.1) is 0 Å². The fourth-order valence-electron chi connectivity index (χ4n) is 3.12. The van der Waals surface area contributed by atoms with Crippen molar-refractivity contribution in [2.75, 3.05) is 11.9 Å². The number of aromatic nitrogens is 1. The quantitative estimate of drug-likeness (QED) is 0.596. The van der Waals surface area contributed by atoms with Crippen molar-refractivity contribution in [3.8, 4) is 0 Å². The zero-order chi connectivity index (χ0) is 22.2. The van der Waals surface area contributed by atoms with Crippen molar-refractivity contribution in [3.05, 3.63) is 81.9 Å². The van der Waals surface area contributed by atoms with Gasteiger partial charge < -0.3 is 0 Å². The number of imide groups is 1. The number of thiazole rings is 1. The topological polar surface area (TPSA) is 79.4 Å². The summed E-state index contributed by atoms with van der Waals surface area (Å²) in [5.74, 6) is -1.28. The van der Waals surface area contributed by atoms with Crippen LogP contribution in [0.25, 0.3) is 0 Å². The summed E-state index contributed by atoms with van der Waals surface area (Å²) < 4.78 is 37.9. The zero-order valence-electron chi connectivity index (χ0n) is 15.8. The van der Waals surface area contributed by atoms with Crippen molar-refractivity contribution in [3.63, 3.8) is 0 Å². The molecular formula is C21H14F3N3O3S. The van der Waals surface area contributed by atoms with E-state index in [1.165, 1.54) is 11.1 Å². The summed E-state index contributed by atoms with van der Waals surface area (Å²) in [6.45, 7) is 0.167. The fraction of sp³-hybridized carbons (Fsp3) is 0.143.